The van der Waals surface area contributed by atoms with Crippen LogP contribution in [0.5, 0.6) is 0 Å². The molecule has 4 nitrogen and oxygen atoms in total. The Bertz CT molecular complexity index is 372. The van der Waals surface area contributed by atoms with Crippen LogP contribution in [0, 0.1) is 19.3 Å². The predicted octanol–water partition coefficient (Wildman–Crippen LogP) is 2.09. The highest BCUT2D eigenvalue weighted by Crippen LogP contribution is 2.18. The van der Waals surface area contributed by atoms with Gasteiger partial charge in [0, 0.05) is 19.3 Å². The molecular weight excluding hydrogens is 212 g/mol. The fourth-order valence-corrected chi connectivity index (χ4v) is 1.94. The number of rotatable bonds is 5. The van der Waals surface area contributed by atoms with Crippen molar-refractivity contribution in [3.05, 3.63) is 17.6 Å². The van der Waals surface area contributed by atoms with E-state index in [4.69, 9.17) is 0 Å². The molecule has 0 fully saturated rings. The van der Waals surface area contributed by atoms with Crippen molar-refractivity contribution in [2.75, 3.05) is 32.5 Å². The van der Waals surface area contributed by atoms with Crippen LogP contribution in [-0.2, 0) is 0 Å². The molecule has 0 unspecified atom stereocenters. The minimum Gasteiger partial charge on any atom is -0.368 e. The molecule has 0 bridgehead atoms. The summed E-state index contributed by atoms with van der Waals surface area (Å²) in [7, 11) is 4.19. The topological polar surface area (TPSA) is 41.1 Å². The Kier molecular flexibility index (Phi) is 4.46. The summed E-state index contributed by atoms with van der Waals surface area (Å²) in [5.41, 5.74) is 2.11. The average Bonchev–Trinajstić information content (AvgIpc) is 2.17. The van der Waals surface area contributed by atoms with Crippen LogP contribution in [-0.4, -0.2) is 42.1 Å². The third-order valence-electron chi connectivity index (χ3n) is 2.55. The summed E-state index contributed by atoms with van der Waals surface area (Å²) in [6, 6.07) is 0. The van der Waals surface area contributed by atoms with Crippen LogP contribution in [0.25, 0.3) is 0 Å². The normalized spacial score (nSPS) is 11.9. The third-order valence-corrected chi connectivity index (χ3v) is 2.55. The SMILES string of the molecule is Cc1cnc(C)c(NCC(C)(C)CN(C)C)n1. The number of nitrogens with zero attached hydrogens (tertiary/aromatic N) is 3. The zero-order chi connectivity index (χ0) is 13.1. The molecule has 0 amide bonds. The maximum absolute atomic E-state index is 4.47. The number of nitrogens with one attached hydrogen (secondary N) is 1. The molecule has 0 aliphatic carbocycles. The highest BCUT2D eigenvalue weighted by molar-refractivity contribution is 5.39. The van der Waals surface area contributed by atoms with Gasteiger partial charge in [-0.1, -0.05) is 13.8 Å². The van der Waals surface area contributed by atoms with E-state index in [0.29, 0.717) is 0 Å². The average molecular weight is 236 g/mol. The van der Waals surface area contributed by atoms with E-state index < -0.39 is 0 Å². The van der Waals surface area contributed by atoms with Crippen LogP contribution in [0.4, 0.5) is 5.82 Å². The van der Waals surface area contributed by atoms with Gasteiger partial charge in [0.1, 0.15) is 5.82 Å². The van der Waals surface area contributed by atoms with Gasteiger partial charge in [-0.3, -0.25) is 4.98 Å². The van der Waals surface area contributed by atoms with Gasteiger partial charge in [0.15, 0.2) is 0 Å². The summed E-state index contributed by atoms with van der Waals surface area (Å²) in [4.78, 5) is 11.0. The summed E-state index contributed by atoms with van der Waals surface area (Å²) in [5.74, 6) is 0.900. The van der Waals surface area contributed by atoms with Crippen molar-refractivity contribution in [2.24, 2.45) is 5.41 Å². The Labute approximate surface area is 104 Å². The fourth-order valence-electron chi connectivity index (χ4n) is 1.94. The first-order valence-corrected chi connectivity index (χ1v) is 5.99. The minimum absolute atomic E-state index is 0.210. The number of anilines is 1. The molecular formula is C13H24N4. The lowest BCUT2D eigenvalue weighted by Crippen LogP contribution is -2.34. The van der Waals surface area contributed by atoms with Gasteiger partial charge in [-0.25, -0.2) is 4.98 Å². The molecule has 1 rings (SSSR count). The van der Waals surface area contributed by atoms with E-state index in [1.54, 1.807) is 6.20 Å². The molecule has 0 radical (unpaired) electrons. The van der Waals surface area contributed by atoms with E-state index in [1.165, 1.54) is 0 Å². The fraction of sp³-hybridized carbons (Fsp3) is 0.692. The van der Waals surface area contributed by atoms with Crippen LogP contribution in [0.15, 0.2) is 6.20 Å². The van der Waals surface area contributed by atoms with Crippen molar-refractivity contribution in [3.8, 4) is 0 Å². The Morgan fingerprint density at radius 2 is 1.94 bits per heavy atom. The Morgan fingerprint density at radius 1 is 1.29 bits per heavy atom. The van der Waals surface area contributed by atoms with E-state index in [0.717, 1.165) is 30.3 Å². The molecule has 0 saturated heterocycles. The number of aromatic nitrogens is 2. The summed E-state index contributed by atoms with van der Waals surface area (Å²) in [6.45, 7) is 10.4. The third kappa shape index (κ3) is 4.69. The lowest BCUT2D eigenvalue weighted by molar-refractivity contribution is 0.254. The molecule has 0 aliphatic rings. The molecule has 4 heteroatoms. The predicted molar refractivity (Wildman–Crippen MR) is 72.3 cm³/mol. The monoisotopic (exact) mass is 236 g/mol. The second kappa shape index (κ2) is 5.45. The second-order valence-corrected chi connectivity index (χ2v) is 5.70. The molecule has 0 spiro atoms. The van der Waals surface area contributed by atoms with Gasteiger partial charge in [-0.05, 0) is 33.4 Å². The van der Waals surface area contributed by atoms with E-state index in [1.807, 2.05) is 13.8 Å². The Hall–Kier alpha value is -1.16. The van der Waals surface area contributed by atoms with E-state index in [-0.39, 0.29) is 5.41 Å². The lowest BCUT2D eigenvalue weighted by Gasteiger charge is -2.28. The van der Waals surface area contributed by atoms with Crippen molar-refractivity contribution in [1.29, 1.82) is 0 Å². The van der Waals surface area contributed by atoms with Gasteiger partial charge in [0.05, 0.1) is 11.4 Å². The van der Waals surface area contributed by atoms with Gasteiger partial charge in [0.25, 0.3) is 0 Å². The smallest absolute Gasteiger partial charge is 0.147 e. The Morgan fingerprint density at radius 3 is 2.53 bits per heavy atom. The molecule has 0 saturated carbocycles. The van der Waals surface area contributed by atoms with Gasteiger partial charge >= 0.3 is 0 Å². The first-order valence-electron chi connectivity index (χ1n) is 5.99. The minimum atomic E-state index is 0.210. The van der Waals surface area contributed by atoms with Crippen molar-refractivity contribution in [2.45, 2.75) is 27.7 Å². The van der Waals surface area contributed by atoms with Crippen LogP contribution < -0.4 is 5.32 Å². The van der Waals surface area contributed by atoms with Gasteiger partial charge in [-0.2, -0.15) is 0 Å². The van der Waals surface area contributed by atoms with Crippen molar-refractivity contribution in [3.63, 3.8) is 0 Å². The summed E-state index contributed by atoms with van der Waals surface area (Å²) >= 11 is 0. The molecule has 1 heterocycles. The number of hydrogen-bond acceptors (Lipinski definition) is 4. The van der Waals surface area contributed by atoms with Crippen molar-refractivity contribution in [1.82, 2.24) is 14.9 Å². The lowest BCUT2D eigenvalue weighted by atomic mass is 9.93. The van der Waals surface area contributed by atoms with Crippen LogP contribution >= 0.6 is 0 Å². The molecule has 17 heavy (non-hydrogen) atoms. The quantitative estimate of drug-likeness (QED) is 0.850. The molecule has 1 N–H and O–H groups in total. The summed E-state index contributed by atoms with van der Waals surface area (Å²) in [5, 5.41) is 3.40. The molecule has 96 valence electrons. The van der Waals surface area contributed by atoms with Crippen LogP contribution in [0.2, 0.25) is 0 Å². The Balaban J connectivity index is 2.63. The van der Waals surface area contributed by atoms with E-state index >= 15 is 0 Å². The summed E-state index contributed by atoms with van der Waals surface area (Å²) < 4.78 is 0. The van der Waals surface area contributed by atoms with Crippen molar-refractivity contribution < 1.29 is 0 Å². The number of aryl methyl sites for hydroxylation is 2. The van der Waals surface area contributed by atoms with Crippen molar-refractivity contribution >= 4 is 5.82 Å². The molecule has 0 aromatic carbocycles. The van der Waals surface area contributed by atoms with Crippen LogP contribution in [0.1, 0.15) is 25.2 Å². The summed E-state index contributed by atoms with van der Waals surface area (Å²) in [6.07, 6.45) is 1.80. The molecule has 1 aromatic heterocycles. The highest BCUT2D eigenvalue weighted by Gasteiger charge is 2.19. The van der Waals surface area contributed by atoms with E-state index in [9.17, 15) is 0 Å². The molecule has 0 aliphatic heterocycles. The maximum Gasteiger partial charge on any atom is 0.147 e. The van der Waals surface area contributed by atoms with E-state index in [2.05, 4.69) is 48.1 Å². The first kappa shape index (κ1) is 13.9. The standard InChI is InChI=1S/C13H24N4/c1-10-7-14-11(2)12(16-10)15-8-13(3,4)9-17(5)6/h7H,8-9H2,1-6H3,(H,15,16). The molecule has 1 aromatic rings. The largest absolute Gasteiger partial charge is 0.368 e. The molecule has 0 atom stereocenters. The maximum atomic E-state index is 4.47. The van der Waals surface area contributed by atoms with Crippen LogP contribution in [0.3, 0.4) is 0 Å². The van der Waals surface area contributed by atoms with Gasteiger partial charge < -0.3 is 10.2 Å². The second-order valence-electron chi connectivity index (χ2n) is 5.70. The highest BCUT2D eigenvalue weighted by atomic mass is 15.1. The zero-order valence-corrected chi connectivity index (χ0v) is 11.8. The van der Waals surface area contributed by atoms with Gasteiger partial charge in [0.2, 0.25) is 0 Å². The zero-order valence-electron chi connectivity index (χ0n) is 11.8. The van der Waals surface area contributed by atoms with Gasteiger partial charge in [-0.15, -0.1) is 0 Å². The first-order chi connectivity index (χ1) is 7.80. The number of hydrogen-bond donors (Lipinski definition) is 1.